The van der Waals surface area contributed by atoms with E-state index in [1.807, 2.05) is 97.1 Å². The Morgan fingerprint density at radius 2 is 0.441 bits per heavy atom. The highest BCUT2D eigenvalue weighted by Crippen LogP contribution is 2.24. The quantitative estimate of drug-likeness (QED) is 0.0482. The molecule has 13 nitrogen and oxygen atoms in total. The van der Waals surface area contributed by atoms with E-state index in [9.17, 15) is 0 Å². The smallest absolute Gasteiger partial charge is 0.119 e. The maximum atomic E-state index is 8.94. The van der Waals surface area contributed by atoms with Gasteiger partial charge in [-0.15, -0.1) is 0 Å². The van der Waals surface area contributed by atoms with Crippen molar-refractivity contribution in [3.63, 3.8) is 0 Å². The minimum Gasteiger partial charge on any atom is -0.491 e. The lowest BCUT2D eigenvalue weighted by Gasteiger charge is -2.09. The van der Waals surface area contributed by atoms with Crippen molar-refractivity contribution >= 4 is 0 Å². The van der Waals surface area contributed by atoms with Crippen LogP contribution in [0.1, 0.15) is 11.1 Å². The number of ether oxygens (including phenoxy) is 11. The molecule has 0 fully saturated rings. The fourth-order valence-electron chi connectivity index (χ4n) is 5.26. The van der Waals surface area contributed by atoms with E-state index in [2.05, 4.69) is 12.1 Å². The van der Waals surface area contributed by atoms with Crippen LogP contribution in [0.5, 0.6) is 11.5 Å². The van der Waals surface area contributed by atoms with Gasteiger partial charge in [0.05, 0.1) is 142 Å². The molecule has 0 aliphatic heterocycles. The van der Waals surface area contributed by atoms with Gasteiger partial charge in [-0.05, 0) is 70.8 Å². The predicted octanol–water partition coefficient (Wildman–Crippen LogP) is 6.37. The summed E-state index contributed by atoms with van der Waals surface area (Å²) in [5, 5.41) is 17.9. The molecular formula is C46H56N2O11. The standard InChI is InChI=1S/C46H56N2O11/c47-37-39-1-5-41(6-2-39)43-9-13-45(14-10-43)58-35-33-56-31-29-54-27-25-52-23-21-50-19-17-49-18-20-51-22-24-53-26-28-55-30-32-57-34-36-59-46-15-11-44(12-16-46)42-7-3-40(38-48)4-8-42/h1-16H,17-36H2. The molecule has 0 aromatic heterocycles. The van der Waals surface area contributed by atoms with Crippen molar-refractivity contribution in [2.75, 3.05) is 132 Å². The van der Waals surface area contributed by atoms with Crippen molar-refractivity contribution in [2.24, 2.45) is 0 Å². The summed E-state index contributed by atoms with van der Waals surface area (Å²) in [5.41, 5.74) is 5.52. The number of rotatable bonds is 34. The Hall–Kier alpha value is -4.90. The van der Waals surface area contributed by atoms with E-state index in [1.165, 1.54) is 0 Å². The van der Waals surface area contributed by atoms with E-state index in [0.717, 1.165) is 33.8 Å². The first kappa shape index (κ1) is 46.8. The molecule has 4 aromatic carbocycles. The molecule has 59 heavy (non-hydrogen) atoms. The molecule has 0 radical (unpaired) electrons. The fraction of sp³-hybridized carbons (Fsp3) is 0.435. The molecule has 0 amide bonds. The van der Waals surface area contributed by atoms with Gasteiger partial charge in [0.25, 0.3) is 0 Å². The van der Waals surface area contributed by atoms with Crippen LogP contribution < -0.4 is 9.47 Å². The first-order valence-corrected chi connectivity index (χ1v) is 19.9. The average molecular weight is 813 g/mol. The number of benzene rings is 4. The molecule has 0 spiro atoms. The summed E-state index contributed by atoms with van der Waals surface area (Å²) in [6.45, 7) is 9.65. The van der Waals surface area contributed by atoms with Crippen molar-refractivity contribution in [1.82, 2.24) is 0 Å². The Balaban J connectivity index is 0.791. The molecule has 0 heterocycles. The summed E-state index contributed by atoms with van der Waals surface area (Å²) in [7, 11) is 0. The molecule has 316 valence electrons. The lowest BCUT2D eigenvalue weighted by Crippen LogP contribution is -2.15. The molecule has 0 aliphatic rings. The zero-order valence-corrected chi connectivity index (χ0v) is 33.8. The Bertz CT molecular complexity index is 1600. The van der Waals surface area contributed by atoms with Gasteiger partial charge in [0, 0.05) is 0 Å². The van der Waals surface area contributed by atoms with Crippen LogP contribution in [0.25, 0.3) is 22.3 Å². The highest BCUT2D eigenvalue weighted by molar-refractivity contribution is 5.65. The third-order valence-electron chi connectivity index (χ3n) is 8.37. The highest BCUT2D eigenvalue weighted by atomic mass is 16.6. The normalized spacial score (nSPS) is 10.9. The lowest BCUT2D eigenvalue weighted by molar-refractivity contribution is -0.0257. The predicted molar refractivity (Wildman–Crippen MR) is 222 cm³/mol. The summed E-state index contributed by atoms with van der Waals surface area (Å²) in [6, 6.07) is 34.9. The first-order chi connectivity index (χ1) is 29.2. The topological polar surface area (TPSA) is 149 Å². The minimum absolute atomic E-state index is 0.450. The average Bonchev–Trinajstić information content (AvgIpc) is 3.28. The number of nitrogens with zero attached hydrogens (tertiary/aromatic N) is 2. The monoisotopic (exact) mass is 812 g/mol. The van der Waals surface area contributed by atoms with Gasteiger partial charge in [0.15, 0.2) is 0 Å². The molecule has 4 aromatic rings. The van der Waals surface area contributed by atoms with E-state index >= 15 is 0 Å². The molecule has 0 bridgehead atoms. The largest absolute Gasteiger partial charge is 0.491 e. The van der Waals surface area contributed by atoms with Crippen LogP contribution in [0.15, 0.2) is 97.1 Å². The van der Waals surface area contributed by atoms with Gasteiger partial charge in [-0.25, -0.2) is 0 Å². The maximum Gasteiger partial charge on any atom is 0.119 e. The maximum absolute atomic E-state index is 8.94. The number of hydrogen-bond donors (Lipinski definition) is 0. The molecule has 0 atom stereocenters. The summed E-state index contributed by atoms with van der Waals surface area (Å²) in [5.74, 6) is 1.55. The van der Waals surface area contributed by atoms with Crippen LogP contribution in [0, 0.1) is 22.7 Å². The molecule has 0 saturated carbocycles. The Labute approximate surface area is 348 Å². The number of nitriles is 2. The molecule has 4 rings (SSSR count). The summed E-state index contributed by atoms with van der Waals surface area (Å²) in [6.07, 6.45) is 0. The summed E-state index contributed by atoms with van der Waals surface area (Å²) >= 11 is 0. The van der Waals surface area contributed by atoms with E-state index < -0.39 is 0 Å². The second-order valence-electron chi connectivity index (χ2n) is 12.6. The van der Waals surface area contributed by atoms with Gasteiger partial charge in [-0.1, -0.05) is 48.5 Å². The van der Waals surface area contributed by atoms with Gasteiger partial charge in [0.2, 0.25) is 0 Å². The molecular weight excluding hydrogens is 757 g/mol. The molecule has 0 unspecified atom stereocenters. The highest BCUT2D eigenvalue weighted by Gasteiger charge is 2.02. The first-order valence-electron chi connectivity index (χ1n) is 19.9. The van der Waals surface area contributed by atoms with Gasteiger partial charge < -0.3 is 52.1 Å². The van der Waals surface area contributed by atoms with Gasteiger partial charge in [-0.2, -0.15) is 10.5 Å². The summed E-state index contributed by atoms with van der Waals surface area (Å²) < 4.78 is 61.3. The Morgan fingerprint density at radius 3 is 0.644 bits per heavy atom. The zero-order valence-electron chi connectivity index (χ0n) is 33.8. The van der Waals surface area contributed by atoms with Crippen molar-refractivity contribution in [3.05, 3.63) is 108 Å². The van der Waals surface area contributed by atoms with Gasteiger partial charge >= 0.3 is 0 Å². The second-order valence-corrected chi connectivity index (χ2v) is 12.6. The SMILES string of the molecule is N#Cc1ccc(-c2ccc(OCCOCCOCCOCCOCCOCCOCCOCCOCCOCCOc3ccc(-c4ccc(C#N)cc4)cc3)cc2)cc1. The Kier molecular flexibility index (Phi) is 24.6. The lowest BCUT2D eigenvalue weighted by atomic mass is 10.0. The zero-order chi connectivity index (χ0) is 41.3. The van der Waals surface area contributed by atoms with Crippen LogP contribution >= 0.6 is 0 Å². The van der Waals surface area contributed by atoms with E-state index in [-0.39, 0.29) is 0 Å². The fourth-order valence-corrected chi connectivity index (χ4v) is 5.26. The van der Waals surface area contributed by atoms with Crippen LogP contribution in [0.2, 0.25) is 0 Å². The van der Waals surface area contributed by atoms with Crippen LogP contribution in [0.3, 0.4) is 0 Å². The van der Waals surface area contributed by atoms with Gasteiger partial charge in [0.1, 0.15) is 24.7 Å². The van der Waals surface area contributed by atoms with Crippen molar-refractivity contribution < 1.29 is 52.1 Å². The third kappa shape index (κ3) is 21.1. The van der Waals surface area contributed by atoms with E-state index in [4.69, 9.17) is 62.6 Å². The molecule has 0 saturated heterocycles. The second kappa shape index (κ2) is 31.1. The third-order valence-corrected chi connectivity index (χ3v) is 8.37. The molecule has 0 aliphatic carbocycles. The van der Waals surface area contributed by atoms with Crippen molar-refractivity contribution in [3.8, 4) is 45.9 Å². The van der Waals surface area contributed by atoms with Crippen molar-refractivity contribution in [1.29, 1.82) is 10.5 Å². The van der Waals surface area contributed by atoms with Crippen LogP contribution in [-0.2, 0) is 42.6 Å². The van der Waals surface area contributed by atoms with E-state index in [0.29, 0.717) is 143 Å². The van der Waals surface area contributed by atoms with Crippen LogP contribution in [0.4, 0.5) is 0 Å². The Morgan fingerprint density at radius 1 is 0.254 bits per heavy atom. The number of hydrogen-bond acceptors (Lipinski definition) is 13. The van der Waals surface area contributed by atoms with Crippen LogP contribution in [-0.4, -0.2) is 132 Å². The van der Waals surface area contributed by atoms with E-state index in [1.54, 1.807) is 0 Å². The van der Waals surface area contributed by atoms with Crippen molar-refractivity contribution in [2.45, 2.75) is 0 Å². The molecule has 0 N–H and O–H groups in total. The minimum atomic E-state index is 0.450. The summed E-state index contributed by atoms with van der Waals surface area (Å²) in [4.78, 5) is 0. The molecule has 13 heteroatoms. The van der Waals surface area contributed by atoms with Gasteiger partial charge in [-0.3, -0.25) is 0 Å².